The molecule has 0 bridgehead atoms. The zero-order valence-electron chi connectivity index (χ0n) is 26.5. The first-order valence-electron chi connectivity index (χ1n) is 14.8. The van der Waals surface area contributed by atoms with Crippen molar-refractivity contribution in [3.8, 4) is 0 Å². The number of allylic oxidation sites excluding steroid dienone is 1. The molecule has 0 saturated heterocycles. The third kappa shape index (κ3) is 7.01. The molecule has 0 spiro atoms. The van der Waals surface area contributed by atoms with Crippen LogP contribution in [0.4, 0.5) is 0 Å². The van der Waals surface area contributed by atoms with Gasteiger partial charge in [-0.1, -0.05) is 76.9 Å². The van der Waals surface area contributed by atoms with E-state index in [0.29, 0.717) is 11.3 Å². The van der Waals surface area contributed by atoms with Crippen molar-refractivity contribution in [3.05, 3.63) is 10.6 Å². The number of fused-ring (bicyclic) bond motifs is 1. The van der Waals surface area contributed by atoms with E-state index >= 15 is 0 Å². The summed E-state index contributed by atoms with van der Waals surface area (Å²) in [5.41, 5.74) is 1.83. The summed E-state index contributed by atoms with van der Waals surface area (Å²) >= 11 is 3.70. The Bertz CT molecular complexity index is 774. The summed E-state index contributed by atoms with van der Waals surface area (Å²) in [6, 6.07) is 0. The Hall–Kier alpha value is 0.574. The summed E-state index contributed by atoms with van der Waals surface area (Å²) < 4.78 is 14.4. The standard InChI is InChI=1S/C31H61BrO2Si2/c1-23(25-18-19-26-24(22-32)16-15-21-31(25,26)10)17-20-27(33-35(11,12)28(2,3)4)30(8,9)34-36(13,14)29(5,6)7/h22-23,25-27H,15-21H2,1-14H3/t23-,25+,26-,27-,31+/m0/s1. The van der Waals surface area contributed by atoms with Crippen molar-refractivity contribution in [2.75, 3.05) is 0 Å². The van der Waals surface area contributed by atoms with E-state index in [1.807, 2.05) is 0 Å². The molecule has 2 aliphatic carbocycles. The Labute approximate surface area is 236 Å². The van der Waals surface area contributed by atoms with Crippen LogP contribution in [0.2, 0.25) is 36.3 Å². The van der Waals surface area contributed by atoms with Crippen molar-refractivity contribution in [2.24, 2.45) is 23.2 Å². The van der Waals surface area contributed by atoms with Gasteiger partial charge in [0.2, 0.25) is 0 Å². The highest BCUT2D eigenvalue weighted by Gasteiger charge is 2.51. The van der Waals surface area contributed by atoms with Gasteiger partial charge in [0.25, 0.3) is 0 Å². The molecule has 2 nitrogen and oxygen atoms in total. The predicted molar refractivity (Wildman–Crippen MR) is 168 cm³/mol. The fraction of sp³-hybridized carbons (Fsp3) is 0.935. The van der Waals surface area contributed by atoms with Gasteiger partial charge in [-0.25, -0.2) is 0 Å². The molecular weight excluding hydrogens is 540 g/mol. The summed E-state index contributed by atoms with van der Waals surface area (Å²) in [4.78, 5) is 2.26. The van der Waals surface area contributed by atoms with Crippen LogP contribution in [-0.4, -0.2) is 28.3 Å². The monoisotopic (exact) mass is 600 g/mol. The molecule has 0 N–H and O–H groups in total. The molecule has 0 amide bonds. The van der Waals surface area contributed by atoms with E-state index in [1.165, 1.54) is 38.5 Å². The van der Waals surface area contributed by atoms with E-state index in [1.54, 1.807) is 5.57 Å². The quantitative estimate of drug-likeness (QED) is 0.245. The second kappa shape index (κ2) is 11.2. The highest BCUT2D eigenvalue weighted by molar-refractivity contribution is 9.11. The van der Waals surface area contributed by atoms with E-state index in [4.69, 9.17) is 8.85 Å². The second-order valence-corrected chi connectivity index (χ2v) is 26.1. The predicted octanol–water partition coefficient (Wildman–Crippen LogP) is 11.1. The van der Waals surface area contributed by atoms with Gasteiger partial charge in [-0.2, -0.15) is 0 Å². The Balaban J connectivity index is 2.26. The third-order valence-corrected chi connectivity index (χ3v) is 20.8. The lowest BCUT2D eigenvalue weighted by atomic mass is 9.61. The highest BCUT2D eigenvalue weighted by Crippen LogP contribution is 2.60. The minimum atomic E-state index is -1.94. The van der Waals surface area contributed by atoms with Gasteiger partial charge in [-0.05, 0) is 123 Å². The molecule has 0 aromatic rings. The normalized spacial score (nSPS) is 29.4. The molecule has 0 heterocycles. The van der Waals surface area contributed by atoms with E-state index in [0.717, 1.165) is 18.3 Å². The maximum Gasteiger partial charge on any atom is 0.192 e. The molecule has 0 unspecified atom stereocenters. The molecule has 0 radical (unpaired) electrons. The summed E-state index contributed by atoms with van der Waals surface area (Å²) in [6.07, 6.45) is 9.21. The van der Waals surface area contributed by atoms with Crippen molar-refractivity contribution in [1.29, 1.82) is 0 Å². The fourth-order valence-corrected chi connectivity index (χ4v) is 10.5. The van der Waals surface area contributed by atoms with Crippen LogP contribution < -0.4 is 0 Å². The second-order valence-electron chi connectivity index (χ2n) is 16.2. The topological polar surface area (TPSA) is 18.5 Å². The van der Waals surface area contributed by atoms with Crippen LogP contribution in [0.1, 0.15) is 114 Å². The van der Waals surface area contributed by atoms with Crippen molar-refractivity contribution >= 4 is 32.6 Å². The fourth-order valence-electron chi connectivity index (χ4n) is 6.72. The zero-order valence-corrected chi connectivity index (χ0v) is 30.1. The molecule has 5 heteroatoms. The minimum absolute atomic E-state index is 0.129. The Morgan fingerprint density at radius 1 is 0.944 bits per heavy atom. The van der Waals surface area contributed by atoms with Crippen LogP contribution in [0, 0.1) is 23.2 Å². The van der Waals surface area contributed by atoms with Crippen LogP contribution in [0.15, 0.2) is 10.6 Å². The van der Waals surface area contributed by atoms with E-state index in [-0.39, 0.29) is 21.8 Å². The largest absolute Gasteiger partial charge is 0.411 e. The molecule has 36 heavy (non-hydrogen) atoms. The Morgan fingerprint density at radius 3 is 2.00 bits per heavy atom. The van der Waals surface area contributed by atoms with Crippen LogP contribution in [0.25, 0.3) is 0 Å². The van der Waals surface area contributed by atoms with Crippen molar-refractivity contribution in [1.82, 2.24) is 0 Å². The van der Waals surface area contributed by atoms with E-state index in [9.17, 15) is 0 Å². The van der Waals surface area contributed by atoms with Gasteiger partial charge >= 0.3 is 0 Å². The summed E-state index contributed by atoms with van der Waals surface area (Å²) in [7, 11) is -3.87. The van der Waals surface area contributed by atoms with E-state index < -0.39 is 16.6 Å². The molecule has 0 aromatic carbocycles. The average Bonchev–Trinajstić information content (AvgIpc) is 3.05. The van der Waals surface area contributed by atoms with Gasteiger partial charge in [0.05, 0.1) is 11.7 Å². The first-order valence-corrected chi connectivity index (χ1v) is 21.5. The minimum Gasteiger partial charge on any atom is -0.411 e. The van der Waals surface area contributed by atoms with Gasteiger partial charge in [0, 0.05) is 0 Å². The summed E-state index contributed by atoms with van der Waals surface area (Å²) in [5, 5.41) is 0.380. The number of halogens is 1. The van der Waals surface area contributed by atoms with Crippen molar-refractivity contribution < 1.29 is 8.85 Å². The molecule has 2 saturated carbocycles. The van der Waals surface area contributed by atoms with Gasteiger partial charge in [-0.3, -0.25) is 0 Å². The van der Waals surface area contributed by atoms with Gasteiger partial charge in [-0.15, -0.1) is 0 Å². The van der Waals surface area contributed by atoms with Gasteiger partial charge < -0.3 is 8.85 Å². The van der Waals surface area contributed by atoms with Crippen LogP contribution in [0.3, 0.4) is 0 Å². The summed E-state index contributed by atoms with van der Waals surface area (Å²) in [6.45, 7) is 33.5. The third-order valence-electron chi connectivity index (χ3n) is 11.1. The molecule has 2 rings (SSSR count). The number of rotatable bonds is 9. The van der Waals surface area contributed by atoms with E-state index in [2.05, 4.69) is 116 Å². The molecule has 2 aliphatic rings. The lowest BCUT2D eigenvalue weighted by molar-refractivity contribution is -0.0386. The molecule has 212 valence electrons. The Kier molecular flexibility index (Phi) is 10.2. The average molecular weight is 602 g/mol. The lowest BCUT2D eigenvalue weighted by Gasteiger charge is -2.49. The van der Waals surface area contributed by atoms with Crippen LogP contribution >= 0.6 is 15.9 Å². The van der Waals surface area contributed by atoms with Crippen molar-refractivity contribution in [3.63, 3.8) is 0 Å². The molecule has 0 aromatic heterocycles. The number of hydrogen-bond donors (Lipinski definition) is 0. The molecular formula is C31H61BrO2Si2. The van der Waals surface area contributed by atoms with Gasteiger partial charge in [0.15, 0.2) is 16.6 Å². The van der Waals surface area contributed by atoms with Crippen LogP contribution in [-0.2, 0) is 8.85 Å². The molecule has 2 fully saturated rings. The smallest absolute Gasteiger partial charge is 0.192 e. The Morgan fingerprint density at radius 2 is 1.50 bits per heavy atom. The highest BCUT2D eigenvalue weighted by atomic mass is 79.9. The zero-order chi connectivity index (χ0) is 28.0. The SMILES string of the molecule is C[C@@H](CC[C@H](O[Si](C)(C)C(C)(C)C)C(C)(C)O[Si](C)(C)C(C)(C)C)[C@H]1CC[C@H]2C(=CBr)CCC[C@]12C. The maximum atomic E-state index is 7.23. The lowest BCUT2D eigenvalue weighted by Crippen LogP contribution is -2.56. The summed E-state index contributed by atoms with van der Waals surface area (Å²) in [5.74, 6) is 2.29. The first kappa shape index (κ1) is 32.8. The molecule has 0 aliphatic heterocycles. The molecule has 5 atom stereocenters. The van der Waals surface area contributed by atoms with Crippen LogP contribution in [0.5, 0.6) is 0 Å². The number of hydrogen-bond acceptors (Lipinski definition) is 2. The maximum absolute atomic E-state index is 7.23. The van der Waals surface area contributed by atoms with Gasteiger partial charge in [0.1, 0.15) is 0 Å². The van der Waals surface area contributed by atoms with Crippen molar-refractivity contribution in [2.45, 2.75) is 162 Å². The first-order chi connectivity index (χ1) is 16.1.